The first-order valence-corrected chi connectivity index (χ1v) is 9.64. The van der Waals surface area contributed by atoms with Gasteiger partial charge in [-0.3, -0.25) is 14.6 Å². The number of alkyl halides is 3. The first-order valence-electron chi connectivity index (χ1n) is 9.64. The van der Waals surface area contributed by atoms with Crippen LogP contribution in [0.3, 0.4) is 0 Å². The molecule has 0 bridgehead atoms. The molecular formula is C19H27F3N4O4. The molecule has 0 aliphatic heterocycles. The molecule has 0 aliphatic carbocycles. The maximum atomic E-state index is 13.0. The molecule has 2 amide bonds. The lowest BCUT2D eigenvalue weighted by atomic mass is 10.2. The maximum absolute atomic E-state index is 13.0. The van der Waals surface area contributed by atoms with Crippen molar-refractivity contribution in [1.29, 1.82) is 0 Å². The van der Waals surface area contributed by atoms with Crippen molar-refractivity contribution in [2.24, 2.45) is 0 Å². The number of hydrogen-bond acceptors (Lipinski definition) is 6. The number of rotatable bonds is 12. The molecule has 8 nitrogen and oxygen atoms in total. The molecule has 11 heteroatoms. The number of amides is 2. The highest BCUT2D eigenvalue weighted by molar-refractivity contribution is 5.89. The Balaban J connectivity index is 2.78. The van der Waals surface area contributed by atoms with E-state index in [4.69, 9.17) is 4.74 Å². The second-order valence-electron chi connectivity index (χ2n) is 6.33. The number of ether oxygens (including phenoxy) is 1. The Morgan fingerprint density at radius 3 is 2.50 bits per heavy atom. The van der Waals surface area contributed by atoms with Crippen molar-refractivity contribution in [2.75, 3.05) is 32.8 Å². The minimum absolute atomic E-state index is 0.0246. The summed E-state index contributed by atoms with van der Waals surface area (Å²) in [7, 11) is 0. The monoisotopic (exact) mass is 432 g/mol. The van der Waals surface area contributed by atoms with Gasteiger partial charge in [-0.2, -0.15) is 13.2 Å². The molecule has 0 aliphatic rings. The van der Waals surface area contributed by atoms with E-state index >= 15 is 0 Å². The molecule has 0 atom stereocenters. The Bertz CT molecular complexity index is 713. The molecule has 1 heterocycles. The lowest BCUT2D eigenvalue weighted by Crippen LogP contribution is -2.46. The van der Waals surface area contributed by atoms with E-state index in [1.165, 1.54) is 18.3 Å². The first-order chi connectivity index (χ1) is 14.2. The third kappa shape index (κ3) is 9.21. The molecule has 2 N–H and O–H groups in total. The first kappa shape index (κ1) is 25.3. The van der Waals surface area contributed by atoms with Crippen LogP contribution in [0.5, 0.6) is 0 Å². The number of hydrogen-bond donors (Lipinski definition) is 2. The van der Waals surface area contributed by atoms with Gasteiger partial charge < -0.3 is 20.3 Å². The minimum Gasteiger partial charge on any atom is -0.462 e. The highest BCUT2D eigenvalue weighted by Crippen LogP contribution is 2.20. The average Bonchev–Trinajstić information content (AvgIpc) is 2.69. The maximum Gasteiger partial charge on any atom is 0.471 e. The van der Waals surface area contributed by atoms with Crippen LogP contribution in [0.15, 0.2) is 18.3 Å². The number of esters is 1. The van der Waals surface area contributed by atoms with Gasteiger partial charge in [0, 0.05) is 12.7 Å². The number of nitrogens with one attached hydrogen (secondary N) is 2. The van der Waals surface area contributed by atoms with Gasteiger partial charge in [0.15, 0.2) is 0 Å². The Morgan fingerprint density at radius 1 is 1.17 bits per heavy atom. The summed E-state index contributed by atoms with van der Waals surface area (Å²) in [6.07, 6.45) is -2.48. The van der Waals surface area contributed by atoms with E-state index < -0.39 is 37.0 Å². The summed E-state index contributed by atoms with van der Waals surface area (Å²) in [6, 6.07) is 2.57. The molecule has 0 fully saturated rings. The zero-order chi connectivity index (χ0) is 22.6. The minimum atomic E-state index is -5.15. The number of unbranched alkanes of at least 4 members (excludes halogenated alkanes) is 1. The Kier molecular flexibility index (Phi) is 10.8. The van der Waals surface area contributed by atoms with Gasteiger partial charge in [0.1, 0.15) is 6.54 Å². The number of aromatic nitrogens is 1. The highest BCUT2D eigenvalue weighted by Gasteiger charge is 2.43. The summed E-state index contributed by atoms with van der Waals surface area (Å²) in [6.45, 7) is 4.22. The molecule has 0 saturated carbocycles. The Morgan fingerprint density at radius 2 is 1.87 bits per heavy atom. The van der Waals surface area contributed by atoms with E-state index in [0.717, 1.165) is 19.5 Å². The van der Waals surface area contributed by atoms with Gasteiger partial charge in [-0.15, -0.1) is 0 Å². The molecule has 1 aromatic rings. The summed E-state index contributed by atoms with van der Waals surface area (Å²) in [5.41, 5.74) is 0.114. The van der Waals surface area contributed by atoms with Gasteiger partial charge in [0.05, 0.1) is 24.4 Å². The fraction of sp³-hybridized carbons (Fsp3) is 0.579. The lowest BCUT2D eigenvalue weighted by Gasteiger charge is -2.23. The van der Waals surface area contributed by atoms with E-state index in [1.54, 1.807) is 6.92 Å². The second-order valence-corrected chi connectivity index (χ2v) is 6.33. The molecular weight excluding hydrogens is 405 g/mol. The van der Waals surface area contributed by atoms with Gasteiger partial charge >= 0.3 is 18.1 Å². The van der Waals surface area contributed by atoms with E-state index in [9.17, 15) is 27.6 Å². The molecule has 0 radical (unpaired) electrons. The van der Waals surface area contributed by atoms with Crippen LogP contribution >= 0.6 is 0 Å². The number of carbonyl (C=O) groups is 3. The fourth-order valence-electron chi connectivity index (χ4n) is 2.49. The van der Waals surface area contributed by atoms with Crippen molar-refractivity contribution in [1.82, 2.24) is 20.5 Å². The van der Waals surface area contributed by atoms with Crippen molar-refractivity contribution in [3.05, 3.63) is 29.6 Å². The average molecular weight is 432 g/mol. The predicted molar refractivity (Wildman–Crippen MR) is 102 cm³/mol. The van der Waals surface area contributed by atoms with E-state index in [-0.39, 0.29) is 24.4 Å². The van der Waals surface area contributed by atoms with Crippen molar-refractivity contribution in [2.45, 2.75) is 39.4 Å². The zero-order valence-electron chi connectivity index (χ0n) is 17.1. The van der Waals surface area contributed by atoms with Crippen LogP contribution in [0.4, 0.5) is 13.2 Å². The smallest absolute Gasteiger partial charge is 0.462 e. The third-order valence-corrected chi connectivity index (χ3v) is 3.90. The molecule has 168 valence electrons. The Labute approximate surface area is 173 Å². The number of carbonyl (C=O) groups excluding carboxylic acids is 3. The van der Waals surface area contributed by atoms with Crippen LogP contribution < -0.4 is 10.6 Å². The molecule has 1 rings (SSSR count). The largest absolute Gasteiger partial charge is 0.471 e. The van der Waals surface area contributed by atoms with E-state index in [0.29, 0.717) is 11.3 Å². The summed E-state index contributed by atoms with van der Waals surface area (Å²) >= 11 is 0. The molecule has 0 spiro atoms. The van der Waals surface area contributed by atoms with Crippen LogP contribution in [-0.2, 0) is 20.9 Å². The number of pyridine rings is 1. The van der Waals surface area contributed by atoms with Crippen molar-refractivity contribution in [3.8, 4) is 0 Å². The standard InChI is InChI=1S/C19H27F3N4O4/c1-3-23-8-5-6-9-25-16(27)13-26(18(29)19(20,21)22)12-15-11-14(7-10-24-15)17(28)30-4-2/h7,10-11,23H,3-6,8-9,12-13H2,1-2H3,(H,25,27). The van der Waals surface area contributed by atoms with E-state index in [1.807, 2.05) is 6.92 Å². The van der Waals surface area contributed by atoms with Gasteiger partial charge in [-0.1, -0.05) is 6.92 Å². The Hall–Kier alpha value is -2.69. The normalized spacial score (nSPS) is 11.1. The predicted octanol–water partition coefficient (Wildman–Crippen LogP) is 1.66. The number of nitrogens with zero attached hydrogens (tertiary/aromatic N) is 2. The second kappa shape index (κ2) is 12.8. The van der Waals surface area contributed by atoms with Gasteiger partial charge in [-0.05, 0) is 45.0 Å². The molecule has 30 heavy (non-hydrogen) atoms. The summed E-state index contributed by atoms with van der Waals surface area (Å²) in [5.74, 6) is -3.53. The summed E-state index contributed by atoms with van der Waals surface area (Å²) in [5, 5.41) is 5.62. The van der Waals surface area contributed by atoms with Crippen LogP contribution in [-0.4, -0.2) is 66.6 Å². The van der Waals surface area contributed by atoms with Gasteiger partial charge in [0.2, 0.25) is 5.91 Å². The zero-order valence-corrected chi connectivity index (χ0v) is 17.1. The molecule has 1 aromatic heterocycles. The lowest BCUT2D eigenvalue weighted by molar-refractivity contribution is -0.186. The van der Waals surface area contributed by atoms with Gasteiger partial charge in [-0.25, -0.2) is 4.79 Å². The molecule has 0 aromatic carbocycles. The van der Waals surface area contributed by atoms with Crippen molar-refractivity contribution < 1.29 is 32.3 Å². The molecule has 0 unspecified atom stereocenters. The van der Waals surface area contributed by atoms with Gasteiger partial charge in [0.25, 0.3) is 0 Å². The third-order valence-electron chi connectivity index (χ3n) is 3.90. The highest BCUT2D eigenvalue weighted by atomic mass is 19.4. The quantitative estimate of drug-likeness (QED) is 0.385. The van der Waals surface area contributed by atoms with Crippen LogP contribution in [0.1, 0.15) is 42.7 Å². The van der Waals surface area contributed by atoms with Crippen LogP contribution in [0.2, 0.25) is 0 Å². The summed E-state index contributed by atoms with van der Waals surface area (Å²) in [4.78, 5) is 39.8. The van der Waals surface area contributed by atoms with E-state index in [2.05, 4.69) is 15.6 Å². The van der Waals surface area contributed by atoms with Crippen molar-refractivity contribution >= 4 is 17.8 Å². The van der Waals surface area contributed by atoms with Crippen molar-refractivity contribution in [3.63, 3.8) is 0 Å². The molecule has 0 saturated heterocycles. The number of halogens is 3. The summed E-state index contributed by atoms with van der Waals surface area (Å²) < 4.78 is 43.7. The van der Waals surface area contributed by atoms with Crippen LogP contribution in [0.25, 0.3) is 0 Å². The van der Waals surface area contributed by atoms with Crippen LogP contribution in [0, 0.1) is 0 Å². The SMILES string of the molecule is CCNCCCCNC(=O)CN(Cc1cc(C(=O)OCC)ccn1)C(=O)C(F)(F)F. The topological polar surface area (TPSA) is 101 Å². The fourth-order valence-corrected chi connectivity index (χ4v) is 2.49.